The second-order valence-electron chi connectivity index (χ2n) is 6.42. The minimum absolute atomic E-state index is 0.0273. The minimum Gasteiger partial charge on any atom is -0.334 e. The number of fused-ring (bicyclic) bond motifs is 1. The molecule has 0 N–H and O–H groups in total. The van der Waals surface area contributed by atoms with E-state index < -0.39 is 0 Å². The summed E-state index contributed by atoms with van der Waals surface area (Å²) in [4.78, 5) is 23.0. The van der Waals surface area contributed by atoms with E-state index in [9.17, 15) is 4.79 Å². The van der Waals surface area contributed by atoms with Crippen molar-refractivity contribution in [1.29, 1.82) is 0 Å². The quantitative estimate of drug-likeness (QED) is 0.724. The largest absolute Gasteiger partial charge is 0.334 e. The van der Waals surface area contributed by atoms with Gasteiger partial charge >= 0.3 is 0 Å². The molecule has 0 spiro atoms. The Labute approximate surface area is 142 Å². The molecule has 1 aromatic carbocycles. The lowest BCUT2D eigenvalue weighted by molar-refractivity contribution is 0.0780. The van der Waals surface area contributed by atoms with Gasteiger partial charge < -0.3 is 9.47 Å². The van der Waals surface area contributed by atoms with Crippen molar-refractivity contribution in [3.05, 3.63) is 60.2 Å². The summed E-state index contributed by atoms with van der Waals surface area (Å²) in [7, 11) is 1.81. The number of nitrogens with zero attached hydrogens (tertiary/aromatic N) is 4. The molecule has 0 atom stereocenters. The van der Waals surface area contributed by atoms with Crippen molar-refractivity contribution in [3.63, 3.8) is 0 Å². The van der Waals surface area contributed by atoms with Gasteiger partial charge in [-0.15, -0.1) is 0 Å². The Morgan fingerprint density at radius 3 is 2.58 bits per heavy atom. The van der Waals surface area contributed by atoms with Gasteiger partial charge in [-0.2, -0.15) is 0 Å². The molecule has 0 saturated heterocycles. The van der Waals surface area contributed by atoms with E-state index in [-0.39, 0.29) is 5.91 Å². The van der Waals surface area contributed by atoms with E-state index in [4.69, 9.17) is 4.98 Å². The SMILES string of the molecule is CC(C)Cn1c(CN(C)C(=O)c2ccncc2)nc2ccccc21. The van der Waals surface area contributed by atoms with E-state index in [1.165, 1.54) is 0 Å². The molecule has 3 aromatic rings. The van der Waals surface area contributed by atoms with Crippen LogP contribution in [0, 0.1) is 5.92 Å². The molecule has 0 aliphatic carbocycles. The summed E-state index contributed by atoms with van der Waals surface area (Å²) in [6, 6.07) is 11.6. The van der Waals surface area contributed by atoms with Gasteiger partial charge in [0.1, 0.15) is 5.82 Å². The Bertz CT molecular complexity index is 839. The predicted octanol–water partition coefficient (Wildman–Crippen LogP) is 3.36. The molecule has 5 heteroatoms. The molecular formula is C19H22N4O. The van der Waals surface area contributed by atoms with Crippen molar-refractivity contribution in [1.82, 2.24) is 19.4 Å². The van der Waals surface area contributed by atoms with E-state index in [0.29, 0.717) is 18.0 Å². The van der Waals surface area contributed by atoms with Crippen LogP contribution in [0.5, 0.6) is 0 Å². The van der Waals surface area contributed by atoms with Crippen molar-refractivity contribution < 1.29 is 4.79 Å². The second-order valence-corrected chi connectivity index (χ2v) is 6.42. The minimum atomic E-state index is -0.0273. The highest BCUT2D eigenvalue weighted by Gasteiger charge is 2.17. The summed E-state index contributed by atoms with van der Waals surface area (Å²) in [5, 5.41) is 0. The molecule has 24 heavy (non-hydrogen) atoms. The number of hydrogen-bond donors (Lipinski definition) is 0. The average molecular weight is 322 g/mol. The lowest BCUT2D eigenvalue weighted by Crippen LogP contribution is -2.28. The van der Waals surface area contributed by atoms with Gasteiger partial charge in [0.15, 0.2) is 0 Å². The van der Waals surface area contributed by atoms with Crippen LogP contribution < -0.4 is 0 Å². The number of aromatic nitrogens is 3. The van der Waals surface area contributed by atoms with Gasteiger partial charge in [0.05, 0.1) is 17.6 Å². The zero-order chi connectivity index (χ0) is 17.1. The lowest BCUT2D eigenvalue weighted by atomic mass is 10.2. The molecule has 2 aromatic heterocycles. The first kappa shape index (κ1) is 16.2. The van der Waals surface area contributed by atoms with E-state index in [1.807, 2.05) is 25.2 Å². The van der Waals surface area contributed by atoms with Crippen LogP contribution in [0.1, 0.15) is 30.0 Å². The third-order valence-corrected chi connectivity index (χ3v) is 3.93. The second kappa shape index (κ2) is 6.83. The topological polar surface area (TPSA) is 51.0 Å². The summed E-state index contributed by atoms with van der Waals surface area (Å²) >= 11 is 0. The number of imidazole rings is 1. The van der Waals surface area contributed by atoms with Crippen LogP contribution in [0.2, 0.25) is 0 Å². The van der Waals surface area contributed by atoms with E-state index in [1.54, 1.807) is 29.4 Å². The molecule has 0 fully saturated rings. The van der Waals surface area contributed by atoms with E-state index in [2.05, 4.69) is 29.5 Å². The number of benzene rings is 1. The van der Waals surface area contributed by atoms with Crippen molar-refractivity contribution in [2.45, 2.75) is 26.9 Å². The number of pyridine rings is 1. The first-order valence-electron chi connectivity index (χ1n) is 8.16. The fraction of sp³-hybridized carbons (Fsp3) is 0.316. The molecule has 0 saturated carbocycles. The summed E-state index contributed by atoms with van der Waals surface area (Å²) in [6.45, 7) is 5.73. The van der Waals surface area contributed by atoms with Crippen molar-refractivity contribution in [2.24, 2.45) is 5.92 Å². The number of carbonyl (C=O) groups excluding carboxylic acids is 1. The Morgan fingerprint density at radius 1 is 1.17 bits per heavy atom. The molecule has 3 rings (SSSR count). The number of para-hydroxylation sites is 2. The first-order chi connectivity index (χ1) is 11.6. The van der Waals surface area contributed by atoms with Crippen molar-refractivity contribution in [3.8, 4) is 0 Å². The van der Waals surface area contributed by atoms with Gasteiger partial charge in [0, 0.05) is 31.5 Å². The van der Waals surface area contributed by atoms with E-state index >= 15 is 0 Å². The standard InChI is InChI=1S/C19H22N4O/c1-14(2)12-23-17-7-5-4-6-16(17)21-18(23)13-22(3)19(24)15-8-10-20-11-9-15/h4-11,14H,12-13H2,1-3H3. The van der Waals surface area contributed by atoms with Gasteiger partial charge in [-0.25, -0.2) is 4.98 Å². The zero-order valence-corrected chi connectivity index (χ0v) is 14.3. The van der Waals surface area contributed by atoms with Crippen LogP contribution in [0.4, 0.5) is 0 Å². The highest BCUT2D eigenvalue weighted by molar-refractivity contribution is 5.93. The normalized spacial score (nSPS) is 11.2. The van der Waals surface area contributed by atoms with E-state index in [0.717, 1.165) is 23.4 Å². The zero-order valence-electron chi connectivity index (χ0n) is 14.3. The molecule has 5 nitrogen and oxygen atoms in total. The summed E-state index contributed by atoms with van der Waals surface area (Å²) in [6.07, 6.45) is 3.27. The Balaban J connectivity index is 1.90. The molecular weight excluding hydrogens is 300 g/mol. The lowest BCUT2D eigenvalue weighted by Gasteiger charge is -2.19. The van der Waals surface area contributed by atoms with Crippen LogP contribution in [0.25, 0.3) is 11.0 Å². The Hall–Kier alpha value is -2.69. The molecule has 1 amide bonds. The van der Waals surface area contributed by atoms with Crippen LogP contribution >= 0.6 is 0 Å². The average Bonchev–Trinajstić information content (AvgIpc) is 2.92. The fourth-order valence-electron chi connectivity index (χ4n) is 2.81. The smallest absolute Gasteiger partial charge is 0.254 e. The molecule has 0 aliphatic heterocycles. The maximum Gasteiger partial charge on any atom is 0.254 e. The van der Waals surface area contributed by atoms with Crippen molar-refractivity contribution in [2.75, 3.05) is 7.05 Å². The van der Waals surface area contributed by atoms with Gasteiger partial charge in [-0.3, -0.25) is 9.78 Å². The molecule has 0 unspecified atom stereocenters. The number of carbonyl (C=O) groups is 1. The van der Waals surface area contributed by atoms with Gasteiger partial charge in [0.25, 0.3) is 5.91 Å². The monoisotopic (exact) mass is 322 g/mol. The summed E-state index contributed by atoms with van der Waals surface area (Å²) in [5.41, 5.74) is 2.72. The van der Waals surface area contributed by atoms with Crippen LogP contribution in [0.3, 0.4) is 0 Å². The third kappa shape index (κ3) is 3.30. The first-order valence-corrected chi connectivity index (χ1v) is 8.16. The Morgan fingerprint density at radius 2 is 1.88 bits per heavy atom. The number of rotatable bonds is 5. The molecule has 124 valence electrons. The maximum absolute atomic E-state index is 12.6. The summed E-state index contributed by atoms with van der Waals surface area (Å²) < 4.78 is 2.22. The molecule has 0 bridgehead atoms. The van der Waals surface area contributed by atoms with Gasteiger partial charge in [-0.1, -0.05) is 26.0 Å². The highest BCUT2D eigenvalue weighted by atomic mass is 16.2. The number of hydrogen-bond acceptors (Lipinski definition) is 3. The van der Waals surface area contributed by atoms with Crippen LogP contribution in [0.15, 0.2) is 48.8 Å². The fourth-order valence-corrected chi connectivity index (χ4v) is 2.81. The highest BCUT2D eigenvalue weighted by Crippen LogP contribution is 2.19. The van der Waals surface area contributed by atoms with Crippen LogP contribution in [-0.2, 0) is 13.1 Å². The van der Waals surface area contributed by atoms with Gasteiger partial charge in [-0.05, 0) is 30.2 Å². The maximum atomic E-state index is 12.6. The van der Waals surface area contributed by atoms with Crippen LogP contribution in [-0.4, -0.2) is 32.4 Å². The summed E-state index contributed by atoms with van der Waals surface area (Å²) in [5.74, 6) is 1.39. The van der Waals surface area contributed by atoms with Crippen molar-refractivity contribution >= 4 is 16.9 Å². The molecule has 0 radical (unpaired) electrons. The van der Waals surface area contributed by atoms with Gasteiger partial charge in [0.2, 0.25) is 0 Å². The number of amides is 1. The molecule has 0 aliphatic rings. The predicted molar refractivity (Wildman–Crippen MR) is 94.6 cm³/mol. The molecule has 2 heterocycles. The Kier molecular flexibility index (Phi) is 4.60. The third-order valence-electron chi connectivity index (χ3n) is 3.93.